The van der Waals surface area contributed by atoms with Gasteiger partial charge in [-0.1, -0.05) is 28.9 Å². The number of halogens is 1. The molecule has 20 heavy (non-hydrogen) atoms. The van der Waals surface area contributed by atoms with Crippen molar-refractivity contribution in [3.8, 4) is 5.69 Å². The van der Waals surface area contributed by atoms with Crippen molar-refractivity contribution in [3.05, 3.63) is 47.6 Å². The molecule has 0 fully saturated rings. The Morgan fingerprint density at radius 2 is 1.95 bits per heavy atom. The minimum atomic E-state index is 0.604. The van der Waals surface area contributed by atoms with E-state index in [2.05, 4.69) is 15.4 Å². The van der Waals surface area contributed by atoms with Gasteiger partial charge in [-0.05, 0) is 24.3 Å². The van der Waals surface area contributed by atoms with Gasteiger partial charge < -0.3 is 0 Å². The summed E-state index contributed by atoms with van der Waals surface area (Å²) in [5.41, 5.74) is 3.44. The van der Waals surface area contributed by atoms with Crippen LogP contribution in [0.25, 0.3) is 27.6 Å². The molecule has 98 valence electrons. The Morgan fingerprint density at radius 3 is 2.85 bits per heavy atom. The number of aromatic nitrogens is 5. The van der Waals surface area contributed by atoms with Crippen LogP contribution >= 0.6 is 11.6 Å². The lowest BCUT2D eigenvalue weighted by atomic mass is 10.2. The molecule has 0 saturated heterocycles. The van der Waals surface area contributed by atoms with Crippen molar-refractivity contribution in [3.63, 3.8) is 0 Å². The molecule has 0 N–H and O–H groups in total. The maximum Gasteiger partial charge on any atom is 0.113 e. The van der Waals surface area contributed by atoms with E-state index >= 15 is 0 Å². The van der Waals surface area contributed by atoms with Crippen molar-refractivity contribution in [2.45, 2.75) is 0 Å². The van der Waals surface area contributed by atoms with E-state index in [9.17, 15) is 0 Å². The number of hydrogen-bond acceptors (Lipinski definition) is 3. The van der Waals surface area contributed by atoms with Crippen LogP contribution in [0.1, 0.15) is 0 Å². The van der Waals surface area contributed by atoms with Crippen LogP contribution in [0.15, 0.2) is 42.6 Å². The molecule has 6 heteroatoms. The molecule has 0 atom stereocenters. The fourth-order valence-electron chi connectivity index (χ4n) is 2.37. The van der Waals surface area contributed by atoms with Crippen molar-refractivity contribution >= 4 is 33.5 Å². The van der Waals surface area contributed by atoms with E-state index < -0.39 is 0 Å². The molecule has 0 amide bonds. The first-order valence-electron chi connectivity index (χ1n) is 6.16. The number of benzene rings is 2. The number of para-hydroxylation sites is 1. The number of rotatable bonds is 1. The summed E-state index contributed by atoms with van der Waals surface area (Å²) in [6.07, 6.45) is 1.95. The van der Waals surface area contributed by atoms with Crippen LogP contribution in [-0.2, 0) is 7.05 Å². The van der Waals surface area contributed by atoms with Gasteiger partial charge in [0.15, 0.2) is 0 Å². The van der Waals surface area contributed by atoms with Gasteiger partial charge in [-0.25, -0.2) is 4.68 Å². The van der Waals surface area contributed by atoms with Gasteiger partial charge in [0.1, 0.15) is 5.52 Å². The molecular formula is C14H10ClN5. The van der Waals surface area contributed by atoms with Crippen molar-refractivity contribution in [2.75, 3.05) is 0 Å². The monoisotopic (exact) mass is 283 g/mol. The highest BCUT2D eigenvalue weighted by atomic mass is 35.5. The molecule has 2 aromatic heterocycles. The molecule has 0 unspecified atom stereocenters. The van der Waals surface area contributed by atoms with Gasteiger partial charge in [0, 0.05) is 18.6 Å². The first-order chi connectivity index (χ1) is 9.72. The molecule has 5 nitrogen and oxygen atoms in total. The third kappa shape index (κ3) is 1.60. The van der Waals surface area contributed by atoms with E-state index in [1.54, 1.807) is 9.36 Å². The van der Waals surface area contributed by atoms with Gasteiger partial charge in [0.05, 0.1) is 21.7 Å². The quantitative estimate of drug-likeness (QED) is 0.540. The molecule has 0 radical (unpaired) electrons. The number of hydrogen-bond donors (Lipinski definition) is 0. The Hall–Kier alpha value is -2.40. The highest BCUT2D eigenvalue weighted by molar-refractivity contribution is 6.33. The van der Waals surface area contributed by atoms with E-state index in [-0.39, 0.29) is 0 Å². The Labute approximate surface area is 119 Å². The minimum absolute atomic E-state index is 0.604. The molecule has 4 rings (SSSR count). The van der Waals surface area contributed by atoms with E-state index in [1.165, 1.54) is 0 Å². The highest BCUT2D eigenvalue weighted by Crippen LogP contribution is 2.27. The van der Waals surface area contributed by atoms with Gasteiger partial charge in [0.25, 0.3) is 0 Å². The van der Waals surface area contributed by atoms with Crippen LogP contribution in [0.4, 0.5) is 0 Å². The summed E-state index contributed by atoms with van der Waals surface area (Å²) in [7, 11) is 1.89. The Balaban J connectivity index is 2.03. The molecule has 0 saturated carbocycles. The molecule has 0 aliphatic carbocycles. The third-order valence-corrected chi connectivity index (χ3v) is 3.57. The summed E-state index contributed by atoms with van der Waals surface area (Å²) in [6, 6.07) is 11.6. The number of nitrogens with zero attached hydrogens (tertiary/aromatic N) is 5. The second-order valence-electron chi connectivity index (χ2n) is 4.66. The van der Waals surface area contributed by atoms with Gasteiger partial charge in [-0.3, -0.25) is 4.68 Å². The van der Waals surface area contributed by atoms with E-state index in [1.807, 2.05) is 49.6 Å². The lowest BCUT2D eigenvalue weighted by Crippen LogP contribution is -1.97. The maximum atomic E-state index is 6.37. The van der Waals surface area contributed by atoms with E-state index in [0.717, 1.165) is 27.6 Å². The lowest BCUT2D eigenvalue weighted by molar-refractivity contribution is 0.780. The van der Waals surface area contributed by atoms with Gasteiger partial charge in [-0.2, -0.15) is 5.10 Å². The SMILES string of the molecule is Cn1cc2cc(-n3nnc4ccccc43)c(Cl)cc2n1. The summed E-state index contributed by atoms with van der Waals surface area (Å²) in [6.45, 7) is 0. The van der Waals surface area contributed by atoms with Crippen molar-refractivity contribution in [2.24, 2.45) is 7.05 Å². The Bertz CT molecular complexity index is 937. The summed E-state index contributed by atoms with van der Waals surface area (Å²) in [5.74, 6) is 0. The van der Waals surface area contributed by atoms with E-state index in [4.69, 9.17) is 11.6 Å². The molecule has 0 aliphatic rings. The zero-order valence-corrected chi connectivity index (χ0v) is 11.4. The van der Waals surface area contributed by atoms with Crippen LogP contribution in [0.3, 0.4) is 0 Å². The van der Waals surface area contributed by atoms with Crippen molar-refractivity contribution in [1.82, 2.24) is 24.8 Å². The zero-order valence-electron chi connectivity index (χ0n) is 10.7. The second kappa shape index (κ2) is 4.05. The third-order valence-electron chi connectivity index (χ3n) is 3.27. The first-order valence-corrected chi connectivity index (χ1v) is 6.54. The average Bonchev–Trinajstić information content (AvgIpc) is 3.00. The second-order valence-corrected chi connectivity index (χ2v) is 5.06. The minimum Gasteiger partial charge on any atom is -0.275 e. The fourth-order valence-corrected chi connectivity index (χ4v) is 2.60. The van der Waals surface area contributed by atoms with E-state index in [0.29, 0.717) is 5.02 Å². The van der Waals surface area contributed by atoms with Gasteiger partial charge in [0.2, 0.25) is 0 Å². The smallest absolute Gasteiger partial charge is 0.113 e. The van der Waals surface area contributed by atoms with Crippen molar-refractivity contribution < 1.29 is 0 Å². The lowest BCUT2D eigenvalue weighted by Gasteiger charge is -2.04. The largest absolute Gasteiger partial charge is 0.275 e. The fraction of sp³-hybridized carbons (Fsp3) is 0.0714. The number of aryl methyl sites for hydroxylation is 1. The molecular weight excluding hydrogens is 274 g/mol. The normalized spacial score (nSPS) is 11.5. The summed E-state index contributed by atoms with van der Waals surface area (Å²) in [5, 5.41) is 14.3. The van der Waals surface area contributed by atoms with Gasteiger partial charge in [-0.15, -0.1) is 5.10 Å². The first kappa shape index (κ1) is 11.4. The predicted octanol–water partition coefficient (Wildman–Crippen LogP) is 2.96. The summed E-state index contributed by atoms with van der Waals surface area (Å²) >= 11 is 6.37. The molecule has 4 aromatic rings. The van der Waals surface area contributed by atoms with Crippen LogP contribution < -0.4 is 0 Å². The summed E-state index contributed by atoms with van der Waals surface area (Å²) < 4.78 is 3.52. The molecule has 2 heterocycles. The standard InChI is InChI=1S/C14H10ClN5/c1-19-8-9-6-14(10(15)7-12(9)17-19)20-13-5-3-2-4-11(13)16-18-20/h2-8H,1H3. The summed E-state index contributed by atoms with van der Waals surface area (Å²) in [4.78, 5) is 0. The van der Waals surface area contributed by atoms with Crippen LogP contribution in [0, 0.1) is 0 Å². The molecule has 0 bridgehead atoms. The topological polar surface area (TPSA) is 48.5 Å². The molecule has 2 aromatic carbocycles. The van der Waals surface area contributed by atoms with Gasteiger partial charge >= 0.3 is 0 Å². The zero-order chi connectivity index (χ0) is 13.7. The average molecular weight is 284 g/mol. The predicted molar refractivity (Wildman–Crippen MR) is 78.1 cm³/mol. The highest BCUT2D eigenvalue weighted by Gasteiger charge is 2.11. The Kier molecular flexibility index (Phi) is 2.31. The Morgan fingerprint density at radius 1 is 1.10 bits per heavy atom. The number of fused-ring (bicyclic) bond motifs is 2. The molecule has 0 spiro atoms. The van der Waals surface area contributed by atoms with Crippen LogP contribution in [0.5, 0.6) is 0 Å². The van der Waals surface area contributed by atoms with Crippen LogP contribution in [0.2, 0.25) is 5.02 Å². The molecule has 0 aliphatic heterocycles. The van der Waals surface area contributed by atoms with Crippen molar-refractivity contribution in [1.29, 1.82) is 0 Å². The van der Waals surface area contributed by atoms with Crippen LogP contribution in [-0.4, -0.2) is 24.8 Å². The maximum absolute atomic E-state index is 6.37.